The Hall–Kier alpha value is -2.22. The second-order valence-electron chi connectivity index (χ2n) is 4.07. The maximum Gasteiger partial charge on any atom is 0.573 e. The molecule has 0 unspecified atom stereocenters. The summed E-state index contributed by atoms with van der Waals surface area (Å²) in [6.45, 7) is 1.75. The largest absolute Gasteiger partial charge is 0.573 e. The van der Waals surface area contributed by atoms with Crippen molar-refractivity contribution in [1.29, 1.82) is 0 Å². The first-order valence-corrected chi connectivity index (χ1v) is 6.03. The molecule has 112 valence electrons. The van der Waals surface area contributed by atoms with Crippen LogP contribution in [0, 0.1) is 6.92 Å². The highest BCUT2D eigenvalue weighted by atomic mass is 35.5. The van der Waals surface area contributed by atoms with Gasteiger partial charge in [0.05, 0.1) is 23.1 Å². The fourth-order valence-electron chi connectivity index (χ4n) is 1.53. The zero-order chi connectivity index (χ0) is 15.6. The van der Waals surface area contributed by atoms with E-state index in [1.54, 1.807) is 13.1 Å². The van der Waals surface area contributed by atoms with Crippen molar-refractivity contribution in [1.82, 2.24) is 9.66 Å². The number of aryl methyl sites for hydroxylation is 1. The topological polar surface area (TPSA) is 65.4 Å². The van der Waals surface area contributed by atoms with E-state index in [2.05, 4.69) is 14.8 Å². The molecule has 0 radical (unpaired) electrons. The van der Waals surface area contributed by atoms with Crippen LogP contribution in [0.1, 0.15) is 11.3 Å². The van der Waals surface area contributed by atoms with E-state index in [4.69, 9.17) is 17.3 Å². The summed E-state index contributed by atoms with van der Waals surface area (Å²) in [5.74, 6) is -0.272. The molecule has 0 aliphatic carbocycles. The molecule has 5 nitrogen and oxygen atoms in total. The van der Waals surface area contributed by atoms with Gasteiger partial charge in [-0.2, -0.15) is 5.10 Å². The van der Waals surface area contributed by atoms with Crippen LogP contribution in [-0.4, -0.2) is 22.2 Å². The first-order valence-electron chi connectivity index (χ1n) is 5.66. The van der Waals surface area contributed by atoms with E-state index in [0.29, 0.717) is 11.3 Å². The Morgan fingerprint density at radius 1 is 1.43 bits per heavy atom. The lowest BCUT2D eigenvalue weighted by Crippen LogP contribution is -2.17. The van der Waals surface area contributed by atoms with Crippen LogP contribution < -0.4 is 10.5 Å². The third-order valence-corrected chi connectivity index (χ3v) is 2.64. The minimum atomic E-state index is -4.79. The number of nitrogens with zero attached hydrogens (tertiary/aromatic N) is 3. The number of anilines is 1. The molecule has 1 aromatic heterocycles. The molecule has 0 fully saturated rings. The molecule has 0 bridgehead atoms. The molecule has 0 aliphatic heterocycles. The zero-order valence-corrected chi connectivity index (χ0v) is 11.5. The highest BCUT2D eigenvalue weighted by molar-refractivity contribution is 6.32. The Morgan fingerprint density at radius 3 is 2.67 bits per heavy atom. The van der Waals surface area contributed by atoms with Crippen LogP contribution >= 0.6 is 11.6 Å². The number of aromatic nitrogens is 2. The van der Waals surface area contributed by atoms with Gasteiger partial charge in [0, 0.05) is 0 Å². The minimum Gasteiger partial charge on any atom is -0.404 e. The van der Waals surface area contributed by atoms with Crippen LogP contribution in [0.25, 0.3) is 0 Å². The van der Waals surface area contributed by atoms with E-state index in [1.807, 2.05) is 0 Å². The number of hydrogen-bond donors (Lipinski definition) is 1. The van der Waals surface area contributed by atoms with Crippen LogP contribution in [0.4, 0.5) is 19.1 Å². The molecule has 2 aromatic rings. The molecule has 1 heterocycles. The van der Waals surface area contributed by atoms with Gasteiger partial charge in [0.2, 0.25) is 5.95 Å². The SMILES string of the molecule is Cc1cn(N=Cc2ccc(OC(F)(F)F)c(Cl)c2)c(N)n1. The van der Waals surface area contributed by atoms with Gasteiger partial charge in [-0.1, -0.05) is 11.6 Å². The van der Waals surface area contributed by atoms with Crippen LogP contribution in [0.15, 0.2) is 29.5 Å². The monoisotopic (exact) mass is 318 g/mol. The summed E-state index contributed by atoms with van der Waals surface area (Å²) >= 11 is 5.72. The second kappa shape index (κ2) is 5.65. The highest BCUT2D eigenvalue weighted by Gasteiger charge is 2.31. The van der Waals surface area contributed by atoms with Gasteiger partial charge in [0.1, 0.15) is 5.75 Å². The van der Waals surface area contributed by atoms with Crippen LogP contribution in [0.3, 0.4) is 0 Å². The van der Waals surface area contributed by atoms with Crippen molar-refractivity contribution in [3.8, 4) is 5.75 Å². The molecular weight excluding hydrogens is 309 g/mol. The standard InChI is InChI=1S/C12H10ClF3N4O/c1-7-6-20(11(17)19-7)18-5-8-2-3-10(9(13)4-8)21-12(14,15)16/h2-6H,1H3,(H2,17,19). The third kappa shape index (κ3) is 4.12. The van der Waals surface area contributed by atoms with Crippen molar-refractivity contribution in [3.63, 3.8) is 0 Å². The van der Waals surface area contributed by atoms with E-state index in [1.165, 1.54) is 23.0 Å². The van der Waals surface area contributed by atoms with Gasteiger partial charge in [-0.15, -0.1) is 13.2 Å². The van der Waals surface area contributed by atoms with Crippen molar-refractivity contribution >= 4 is 23.8 Å². The van der Waals surface area contributed by atoms with Crippen LogP contribution in [-0.2, 0) is 0 Å². The summed E-state index contributed by atoms with van der Waals surface area (Å²) in [6, 6.07) is 3.79. The molecule has 0 saturated heterocycles. The van der Waals surface area contributed by atoms with Crippen molar-refractivity contribution < 1.29 is 17.9 Å². The molecule has 21 heavy (non-hydrogen) atoms. The molecule has 0 atom stereocenters. The number of nitrogens with two attached hydrogens (primary N) is 1. The van der Waals surface area contributed by atoms with Gasteiger partial charge in [0.15, 0.2) is 0 Å². The molecule has 0 amide bonds. The molecule has 1 aromatic carbocycles. The van der Waals surface area contributed by atoms with Crippen molar-refractivity contribution in [2.24, 2.45) is 5.10 Å². The summed E-state index contributed by atoms with van der Waals surface area (Å²) in [4.78, 5) is 3.95. The maximum atomic E-state index is 12.1. The lowest BCUT2D eigenvalue weighted by atomic mass is 10.2. The van der Waals surface area contributed by atoms with Gasteiger partial charge >= 0.3 is 6.36 Å². The molecule has 9 heteroatoms. The van der Waals surface area contributed by atoms with E-state index < -0.39 is 12.1 Å². The summed E-state index contributed by atoms with van der Waals surface area (Å²) in [5, 5.41) is 3.85. The Morgan fingerprint density at radius 2 is 2.14 bits per heavy atom. The number of halogens is 4. The zero-order valence-electron chi connectivity index (χ0n) is 10.7. The fraction of sp³-hybridized carbons (Fsp3) is 0.167. The van der Waals surface area contributed by atoms with E-state index in [-0.39, 0.29) is 11.0 Å². The molecule has 2 N–H and O–H groups in total. The highest BCUT2D eigenvalue weighted by Crippen LogP contribution is 2.30. The lowest BCUT2D eigenvalue weighted by Gasteiger charge is -2.10. The van der Waals surface area contributed by atoms with Gasteiger partial charge in [-0.25, -0.2) is 9.66 Å². The Kier molecular flexibility index (Phi) is 4.08. The number of alkyl halides is 3. The number of ether oxygens (including phenoxy) is 1. The first-order chi connectivity index (χ1) is 9.74. The Bertz CT molecular complexity index is 682. The Balaban J connectivity index is 2.19. The molecule has 0 aliphatic rings. The van der Waals surface area contributed by atoms with E-state index in [0.717, 1.165) is 6.07 Å². The quantitative estimate of drug-likeness (QED) is 0.884. The number of rotatable bonds is 3. The lowest BCUT2D eigenvalue weighted by molar-refractivity contribution is -0.274. The Labute approximate surface area is 122 Å². The summed E-state index contributed by atoms with van der Waals surface area (Å²) < 4.78 is 41.4. The van der Waals surface area contributed by atoms with Crippen LogP contribution in [0.5, 0.6) is 5.75 Å². The summed E-state index contributed by atoms with van der Waals surface area (Å²) in [6.07, 6.45) is -1.79. The molecular formula is C12H10ClF3N4O. The van der Waals surface area contributed by atoms with E-state index >= 15 is 0 Å². The van der Waals surface area contributed by atoms with E-state index in [9.17, 15) is 13.2 Å². The average Bonchev–Trinajstić information content (AvgIpc) is 2.67. The van der Waals surface area contributed by atoms with Crippen molar-refractivity contribution in [2.45, 2.75) is 13.3 Å². The molecule has 2 rings (SSSR count). The van der Waals surface area contributed by atoms with Gasteiger partial charge in [0.25, 0.3) is 0 Å². The number of imidazole rings is 1. The first kappa shape index (κ1) is 15.2. The fourth-order valence-corrected chi connectivity index (χ4v) is 1.76. The maximum absolute atomic E-state index is 12.1. The summed E-state index contributed by atoms with van der Waals surface area (Å²) in [5.41, 5.74) is 6.77. The number of hydrogen-bond acceptors (Lipinski definition) is 4. The third-order valence-electron chi connectivity index (χ3n) is 2.35. The van der Waals surface area contributed by atoms with Crippen molar-refractivity contribution in [3.05, 3.63) is 40.7 Å². The molecule has 0 spiro atoms. The van der Waals surface area contributed by atoms with Gasteiger partial charge in [-0.05, 0) is 30.7 Å². The predicted octanol–water partition coefficient (Wildman–Crippen LogP) is 3.21. The van der Waals surface area contributed by atoms with Crippen LogP contribution in [0.2, 0.25) is 5.02 Å². The smallest absolute Gasteiger partial charge is 0.404 e. The minimum absolute atomic E-state index is 0.175. The normalized spacial score (nSPS) is 12.0. The number of nitrogen functional groups attached to an aromatic ring is 1. The second-order valence-corrected chi connectivity index (χ2v) is 4.47. The van der Waals surface area contributed by atoms with Gasteiger partial charge in [-0.3, -0.25) is 0 Å². The average molecular weight is 319 g/mol. The summed E-state index contributed by atoms with van der Waals surface area (Å²) in [7, 11) is 0. The molecule has 0 saturated carbocycles. The number of benzene rings is 1. The van der Waals surface area contributed by atoms with Gasteiger partial charge < -0.3 is 10.5 Å². The van der Waals surface area contributed by atoms with Crippen molar-refractivity contribution in [2.75, 3.05) is 5.73 Å². The predicted molar refractivity (Wildman–Crippen MR) is 72.5 cm³/mol.